The Hall–Kier alpha value is -2.90. The quantitative estimate of drug-likeness (QED) is 0.519. The molecule has 2 aromatic heterocycles. The number of nitrogens with one attached hydrogen (secondary N) is 2. The van der Waals surface area contributed by atoms with Crippen molar-refractivity contribution in [1.29, 1.82) is 0 Å². The molecule has 3 aromatic rings. The van der Waals surface area contributed by atoms with Crippen LogP contribution in [0.5, 0.6) is 5.75 Å². The number of aromatic nitrogens is 2. The molecule has 0 spiro atoms. The molecule has 0 atom stereocenters. The van der Waals surface area contributed by atoms with E-state index in [-0.39, 0.29) is 18.2 Å². The number of hydrogen-bond donors (Lipinski definition) is 3. The summed E-state index contributed by atoms with van der Waals surface area (Å²) in [6.07, 6.45) is 5.65. The fourth-order valence-electron chi connectivity index (χ4n) is 3.58. The van der Waals surface area contributed by atoms with E-state index in [0.717, 1.165) is 42.9 Å². The van der Waals surface area contributed by atoms with Gasteiger partial charge in [-0.25, -0.2) is 14.4 Å². The first-order valence-electron chi connectivity index (χ1n) is 10.3. The molecule has 0 saturated carbocycles. The maximum absolute atomic E-state index is 13.9. The van der Waals surface area contributed by atoms with Crippen LogP contribution in [-0.2, 0) is 6.61 Å². The summed E-state index contributed by atoms with van der Waals surface area (Å²) in [7, 11) is 0. The van der Waals surface area contributed by atoms with Gasteiger partial charge in [-0.1, -0.05) is 11.6 Å². The van der Waals surface area contributed by atoms with Crippen LogP contribution in [0.25, 0.3) is 11.1 Å². The third-order valence-corrected chi connectivity index (χ3v) is 5.87. The fourth-order valence-corrected chi connectivity index (χ4v) is 3.84. The zero-order chi connectivity index (χ0) is 21.8. The summed E-state index contributed by atoms with van der Waals surface area (Å²) in [5.41, 5.74) is 8.75. The molecule has 0 amide bonds. The number of nitrogens with two attached hydrogens (primary N) is 1. The van der Waals surface area contributed by atoms with Gasteiger partial charge in [0, 0.05) is 40.1 Å². The average Bonchev–Trinajstić information content (AvgIpc) is 2.79. The van der Waals surface area contributed by atoms with E-state index in [1.807, 2.05) is 18.2 Å². The van der Waals surface area contributed by atoms with Crippen molar-refractivity contribution >= 4 is 23.2 Å². The monoisotopic (exact) mass is 441 g/mol. The number of halogens is 2. The van der Waals surface area contributed by atoms with Crippen LogP contribution in [0, 0.1) is 12.7 Å². The Labute approximate surface area is 186 Å². The number of piperidine rings is 1. The largest absolute Gasteiger partial charge is 0.485 e. The standard InChI is InChI=1S/C23H25ClFN5O/c1-14-18(19(24)3-4-20(14)25)13-31-21-10-16(12-29-23(21)26)15-2-5-22(28-11-15)30-17-6-8-27-9-7-17/h2-5,10-12,17,27H,6-9,13H2,1H3,(H2,26,29)(H,28,30). The molecule has 4 rings (SSSR count). The van der Waals surface area contributed by atoms with Crippen LogP contribution in [0.15, 0.2) is 42.7 Å². The van der Waals surface area contributed by atoms with Crippen molar-refractivity contribution in [2.45, 2.75) is 32.4 Å². The van der Waals surface area contributed by atoms with E-state index in [4.69, 9.17) is 22.1 Å². The van der Waals surface area contributed by atoms with Crippen LogP contribution in [0.3, 0.4) is 0 Å². The third kappa shape index (κ3) is 5.06. The molecule has 1 aliphatic heterocycles. The second-order valence-corrected chi connectivity index (χ2v) is 8.04. The smallest absolute Gasteiger partial charge is 0.166 e. The molecule has 1 saturated heterocycles. The molecule has 8 heteroatoms. The zero-order valence-electron chi connectivity index (χ0n) is 17.3. The van der Waals surface area contributed by atoms with Crippen LogP contribution < -0.4 is 21.1 Å². The molecule has 3 heterocycles. The predicted molar refractivity (Wildman–Crippen MR) is 122 cm³/mol. The summed E-state index contributed by atoms with van der Waals surface area (Å²) in [4.78, 5) is 8.78. The normalized spacial score (nSPS) is 14.4. The van der Waals surface area contributed by atoms with Crippen molar-refractivity contribution in [3.8, 4) is 16.9 Å². The molecule has 0 radical (unpaired) electrons. The van der Waals surface area contributed by atoms with Crippen LogP contribution >= 0.6 is 11.6 Å². The summed E-state index contributed by atoms with van der Waals surface area (Å²) in [5.74, 6) is 1.19. The lowest BCUT2D eigenvalue weighted by molar-refractivity contribution is 0.305. The molecule has 6 nitrogen and oxygen atoms in total. The SMILES string of the molecule is Cc1c(F)ccc(Cl)c1COc1cc(-c2ccc(NC3CCNCC3)nc2)cnc1N. The predicted octanol–water partition coefficient (Wildman–Crippen LogP) is 4.57. The molecule has 0 bridgehead atoms. The van der Waals surface area contributed by atoms with Crippen molar-refractivity contribution in [2.75, 3.05) is 24.1 Å². The molecule has 1 aromatic carbocycles. The Morgan fingerprint density at radius 2 is 1.94 bits per heavy atom. The van der Waals surface area contributed by atoms with E-state index >= 15 is 0 Å². The number of rotatable bonds is 6. The first kappa shape index (κ1) is 21.3. The van der Waals surface area contributed by atoms with Crippen molar-refractivity contribution in [3.05, 3.63) is 64.7 Å². The number of ether oxygens (including phenoxy) is 1. The van der Waals surface area contributed by atoms with Gasteiger partial charge in [-0.3, -0.25) is 0 Å². The van der Waals surface area contributed by atoms with Crippen LogP contribution in [0.2, 0.25) is 5.02 Å². The summed E-state index contributed by atoms with van der Waals surface area (Å²) in [5, 5.41) is 7.28. The van der Waals surface area contributed by atoms with Crippen LogP contribution in [0.4, 0.5) is 16.0 Å². The third-order valence-electron chi connectivity index (χ3n) is 5.52. The van der Waals surface area contributed by atoms with E-state index in [2.05, 4.69) is 20.6 Å². The van der Waals surface area contributed by atoms with Gasteiger partial charge in [-0.05, 0) is 68.8 Å². The van der Waals surface area contributed by atoms with E-state index in [1.165, 1.54) is 12.1 Å². The number of benzene rings is 1. The lowest BCUT2D eigenvalue weighted by Gasteiger charge is -2.24. The molecular weight excluding hydrogens is 417 g/mol. The highest BCUT2D eigenvalue weighted by Crippen LogP contribution is 2.30. The van der Waals surface area contributed by atoms with Crippen molar-refractivity contribution in [1.82, 2.24) is 15.3 Å². The number of hydrogen-bond acceptors (Lipinski definition) is 6. The lowest BCUT2D eigenvalue weighted by Crippen LogP contribution is -2.35. The van der Waals surface area contributed by atoms with E-state index < -0.39 is 0 Å². The summed E-state index contributed by atoms with van der Waals surface area (Å²) in [6.45, 7) is 3.81. The Kier molecular flexibility index (Phi) is 6.53. The Morgan fingerprint density at radius 3 is 2.68 bits per heavy atom. The second-order valence-electron chi connectivity index (χ2n) is 7.63. The Bertz CT molecular complexity index is 1050. The number of nitrogens with zero attached hydrogens (tertiary/aromatic N) is 2. The average molecular weight is 442 g/mol. The molecule has 31 heavy (non-hydrogen) atoms. The topological polar surface area (TPSA) is 85.1 Å². The van der Waals surface area contributed by atoms with E-state index in [1.54, 1.807) is 19.3 Å². The molecule has 1 aliphatic rings. The minimum atomic E-state index is -0.327. The summed E-state index contributed by atoms with van der Waals surface area (Å²) in [6, 6.07) is 9.06. The van der Waals surface area contributed by atoms with Gasteiger partial charge in [0.15, 0.2) is 11.6 Å². The molecule has 4 N–H and O–H groups in total. The van der Waals surface area contributed by atoms with Gasteiger partial charge in [0.2, 0.25) is 0 Å². The van der Waals surface area contributed by atoms with Gasteiger partial charge in [0.05, 0.1) is 0 Å². The van der Waals surface area contributed by atoms with Gasteiger partial charge in [-0.15, -0.1) is 0 Å². The number of nitrogen functional groups attached to an aromatic ring is 1. The Morgan fingerprint density at radius 1 is 1.16 bits per heavy atom. The Balaban J connectivity index is 1.48. The van der Waals surface area contributed by atoms with Crippen LogP contribution in [-0.4, -0.2) is 29.1 Å². The number of anilines is 2. The summed E-state index contributed by atoms with van der Waals surface area (Å²) < 4.78 is 19.7. The molecule has 1 fully saturated rings. The van der Waals surface area contributed by atoms with E-state index in [0.29, 0.717) is 27.9 Å². The van der Waals surface area contributed by atoms with Gasteiger partial charge in [0.25, 0.3) is 0 Å². The van der Waals surface area contributed by atoms with Crippen molar-refractivity contribution < 1.29 is 9.13 Å². The molecule has 0 unspecified atom stereocenters. The maximum atomic E-state index is 13.9. The van der Waals surface area contributed by atoms with Gasteiger partial charge < -0.3 is 21.1 Å². The maximum Gasteiger partial charge on any atom is 0.166 e. The fraction of sp³-hybridized carbons (Fsp3) is 0.304. The van der Waals surface area contributed by atoms with Crippen molar-refractivity contribution in [3.63, 3.8) is 0 Å². The molecule has 162 valence electrons. The van der Waals surface area contributed by atoms with Gasteiger partial charge >= 0.3 is 0 Å². The minimum absolute atomic E-state index is 0.0924. The van der Waals surface area contributed by atoms with Gasteiger partial charge in [0.1, 0.15) is 18.2 Å². The van der Waals surface area contributed by atoms with Gasteiger partial charge in [-0.2, -0.15) is 0 Å². The first-order chi connectivity index (χ1) is 15.0. The first-order valence-corrected chi connectivity index (χ1v) is 10.6. The lowest BCUT2D eigenvalue weighted by atomic mass is 10.1. The highest BCUT2D eigenvalue weighted by atomic mass is 35.5. The molecule has 0 aliphatic carbocycles. The van der Waals surface area contributed by atoms with Crippen LogP contribution in [0.1, 0.15) is 24.0 Å². The zero-order valence-corrected chi connectivity index (χ0v) is 18.0. The highest BCUT2D eigenvalue weighted by molar-refractivity contribution is 6.31. The summed E-state index contributed by atoms with van der Waals surface area (Å²) >= 11 is 6.21. The second kappa shape index (κ2) is 9.49. The minimum Gasteiger partial charge on any atom is -0.485 e. The highest BCUT2D eigenvalue weighted by Gasteiger charge is 2.14. The van der Waals surface area contributed by atoms with Crippen molar-refractivity contribution in [2.24, 2.45) is 0 Å². The number of pyridine rings is 2. The molecular formula is C23H25ClFN5O. The van der Waals surface area contributed by atoms with E-state index in [9.17, 15) is 4.39 Å².